The number of hydrogen-bond donors (Lipinski definition) is 1. The second-order valence-electron chi connectivity index (χ2n) is 5.69. The normalized spacial score (nSPS) is 21.5. The monoisotopic (exact) mass is 311 g/mol. The summed E-state index contributed by atoms with van der Waals surface area (Å²) in [5.41, 5.74) is 0. The van der Waals surface area contributed by atoms with E-state index >= 15 is 0 Å². The third-order valence-corrected chi connectivity index (χ3v) is 3.75. The predicted molar refractivity (Wildman–Crippen MR) is 75.3 cm³/mol. The number of carboxylic acids is 1. The standard InChI is InChI=1S/C14H21N3O5/c1-8(2)13-15-11(22-16-13)4-5-12(18)17-7-9(21-3)6-10(17)14(19)20/h8-10H,4-7H2,1-3H3,(H,19,20). The zero-order valence-corrected chi connectivity index (χ0v) is 13.0. The fourth-order valence-electron chi connectivity index (χ4n) is 2.44. The van der Waals surface area contributed by atoms with Gasteiger partial charge in [0.2, 0.25) is 11.8 Å². The van der Waals surface area contributed by atoms with Crippen molar-refractivity contribution < 1.29 is 24.0 Å². The molecule has 0 aromatic carbocycles. The summed E-state index contributed by atoms with van der Waals surface area (Å²) in [6.45, 7) is 4.20. The average Bonchev–Trinajstić information content (AvgIpc) is 3.11. The fourth-order valence-corrected chi connectivity index (χ4v) is 2.44. The Balaban J connectivity index is 1.94. The summed E-state index contributed by atoms with van der Waals surface area (Å²) in [6.07, 6.45) is 0.523. The molecule has 1 aliphatic heterocycles. The van der Waals surface area contributed by atoms with Crippen molar-refractivity contribution in [3.63, 3.8) is 0 Å². The van der Waals surface area contributed by atoms with Crippen LogP contribution in [0.4, 0.5) is 0 Å². The second kappa shape index (κ2) is 6.87. The summed E-state index contributed by atoms with van der Waals surface area (Å²) in [6, 6.07) is -0.827. The van der Waals surface area contributed by atoms with Gasteiger partial charge in [0.1, 0.15) is 6.04 Å². The molecule has 22 heavy (non-hydrogen) atoms. The lowest BCUT2D eigenvalue weighted by Crippen LogP contribution is -2.40. The summed E-state index contributed by atoms with van der Waals surface area (Å²) in [4.78, 5) is 29.1. The first-order valence-corrected chi connectivity index (χ1v) is 7.30. The summed E-state index contributed by atoms with van der Waals surface area (Å²) in [7, 11) is 1.52. The van der Waals surface area contributed by atoms with Crippen molar-refractivity contribution in [1.29, 1.82) is 0 Å². The minimum Gasteiger partial charge on any atom is -0.480 e. The molecule has 2 heterocycles. The van der Waals surface area contributed by atoms with Gasteiger partial charge in [-0.05, 0) is 0 Å². The highest BCUT2D eigenvalue weighted by Gasteiger charge is 2.39. The van der Waals surface area contributed by atoms with Crippen LogP contribution in [-0.4, -0.2) is 57.8 Å². The molecular weight excluding hydrogens is 290 g/mol. The van der Waals surface area contributed by atoms with Crippen LogP contribution in [0.15, 0.2) is 4.52 Å². The third-order valence-electron chi connectivity index (χ3n) is 3.75. The lowest BCUT2D eigenvalue weighted by Gasteiger charge is -2.20. The minimum absolute atomic E-state index is 0.139. The van der Waals surface area contributed by atoms with Crippen molar-refractivity contribution >= 4 is 11.9 Å². The van der Waals surface area contributed by atoms with Crippen LogP contribution < -0.4 is 0 Å². The number of likely N-dealkylation sites (tertiary alicyclic amines) is 1. The topological polar surface area (TPSA) is 106 Å². The molecule has 2 unspecified atom stereocenters. The Morgan fingerprint density at radius 3 is 2.77 bits per heavy atom. The summed E-state index contributed by atoms with van der Waals surface area (Å²) < 4.78 is 10.2. The smallest absolute Gasteiger partial charge is 0.326 e. The molecule has 0 aliphatic carbocycles. The Hall–Kier alpha value is -1.96. The third kappa shape index (κ3) is 3.62. The minimum atomic E-state index is -1.01. The van der Waals surface area contributed by atoms with Gasteiger partial charge in [0.25, 0.3) is 0 Å². The number of methoxy groups -OCH3 is 1. The Morgan fingerprint density at radius 2 is 2.23 bits per heavy atom. The molecule has 1 N–H and O–H groups in total. The molecule has 122 valence electrons. The number of aliphatic carboxylic acids is 1. The molecule has 1 aromatic heterocycles. The number of rotatable bonds is 6. The van der Waals surface area contributed by atoms with E-state index in [0.717, 1.165) is 0 Å². The summed E-state index contributed by atoms with van der Waals surface area (Å²) in [5, 5.41) is 13.0. The number of amides is 1. The molecule has 0 saturated carbocycles. The lowest BCUT2D eigenvalue weighted by atomic mass is 10.2. The number of carbonyl (C=O) groups is 2. The molecule has 1 aromatic rings. The van der Waals surface area contributed by atoms with E-state index in [2.05, 4.69) is 10.1 Å². The first-order valence-electron chi connectivity index (χ1n) is 7.30. The molecular formula is C14H21N3O5. The molecule has 1 amide bonds. The van der Waals surface area contributed by atoms with Gasteiger partial charge in [-0.15, -0.1) is 0 Å². The molecule has 1 aliphatic rings. The molecule has 0 bridgehead atoms. The van der Waals surface area contributed by atoms with Gasteiger partial charge < -0.3 is 19.3 Å². The molecule has 2 atom stereocenters. The van der Waals surface area contributed by atoms with Crippen LogP contribution in [-0.2, 0) is 20.7 Å². The Kier molecular flexibility index (Phi) is 5.12. The fraction of sp³-hybridized carbons (Fsp3) is 0.714. The van der Waals surface area contributed by atoms with Crippen molar-refractivity contribution in [3.8, 4) is 0 Å². The van der Waals surface area contributed by atoms with Crippen LogP contribution in [0.2, 0.25) is 0 Å². The van der Waals surface area contributed by atoms with Crippen LogP contribution in [0, 0.1) is 0 Å². The Bertz CT molecular complexity index is 542. The van der Waals surface area contributed by atoms with Crippen molar-refractivity contribution in [1.82, 2.24) is 15.0 Å². The zero-order valence-electron chi connectivity index (χ0n) is 13.0. The van der Waals surface area contributed by atoms with Crippen LogP contribution in [0.3, 0.4) is 0 Å². The van der Waals surface area contributed by atoms with Gasteiger partial charge in [-0.2, -0.15) is 4.98 Å². The van der Waals surface area contributed by atoms with Crippen molar-refractivity contribution in [2.45, 2.75) is 51.2 Å². The first-order chi connectivity index (χ1) is 10.4. The molecule has 1 fully saturated rings. The maximum Gasteiger partial charge on any atom is 0.326 e. The first kappa shape index (κ1) is 16.4. The van der Waals surface area contributed by atoms with E-state index in [-0.39, 0.29) is 24.3 Å². The average molecular weight is 311 g/mol. The number of aromatic nitrogens is 2. The second-order valence-corrected chi connectivity index (χ2v) is 5.69. The van der Waals surface area contributed by atoms with Gasteiger partial charge >= 0.3 is 5.97 Å². The zero-order chi connectivity index (χ0) is 16.3. The van der Waals surface area contributed by atoms with Gasteiger partial charge in [0.05, 0.1) is 6.10 Å². The van der Waals surface area contributed by atoms with Crippen LogP contribution in [0.1, 0.15) is 44.3 Å². The van der Waals surface area contributed by atoms with Crippen LogP contribution in [0.25, 0.3) is 0 Å². The van der Waals surface area contributed by atoms with E-state index in [1.165, 1.54) is 12.0 Å². The number of aryl methyl sites for hydroxylation is 1. The molecule has 2 rings (SSSR count). The van der Waals surface area contributed by atoms with E-state index in [1.807, 2.05) is 13.8 Å². The SMILES string of the molecule is COC1CC(C(=O)O)N(C(=O)CCc2nc(C(C)C)no2)C1. The van der Waals surface area contributed by atoms with E-state index < -0.39 is 12.0 Å². The number of carbonyl (C=O) groups excluding carboxylic acids is 1. The maximum atomic E-state index is 12.3. The predicted octanol–water partition coefficient (Wildman–Crippen LogP) is 0.826. The van der Waals surface area contributed by atoms with E-state index in [9.17, 15) is 14.7 Å². The van der Waals surface area contributed by atoms with Gasteiger partial charge in [-0.3, -0.25) is 4.79 Å². The molecule has 0 radical (unpaired) electrons. The van der Waals surface area contributed by atoms with Crippen LogP contribution >= 0.6 is 0 Å². The number of hydrogen-bond acceptors (Lipinski definition) is 6. The highest BCUT2D eigenvalue weighted by Crippen LogP contribution is 2.21. The van der Waals surface area contributed by atoms with Gasteiger partial charge in [0, 0.05) is 38.8 Å². The largest absolute Gasteiger partial charge is 0.480 e. The quantitative estimate of drug-likeness (QED) is 0.829. The highest BCUT2D eigenvalue weighted by atomic mass is 16.5. The molecule has 8 nitrogen and oxygen atoms in total. The molecule has 8 heteroatoms. The van der Waals surface area contributed by atoms with Gasteiger partial charge in [-0.25, -0.2) is 4.79 Å². The Morgan fingerprint density at radius 1 is 1.50 bits per heavy atom. The van der Waals surface area contributed by atoms with Crippen molar-refractivity contribution in [2.24, 2.45) is 0 Å². The number of ether oxygens (including phenoxy) is 1. The number of carboxylic acid groups (broad SMARTS) is 1. The van der Waals surface area contributed by atoms with Gasteiger partial charge in [-0.1, -0.05) is 19.0 Å². The van der Waals surface area contributed by atoms with Crippen molar-refractivity contribution in [2.75, 3.05) is 13.7 Å². The summed E-state index contributed by atoms with van der Waals surface area (Å²) >= 11 is 0. The lowest BCUT2D eigenvalue weighted by molar-refractivity contribution is -0.148. The maximum absolute atomic E-state index is 12.3. The number of nitrogens with zero attached hydrogens (tertiary/aromatic N) is 3. The van der Waals surface area contributed by atoms with E-state index in [0.29, 0.717) is 31.1 Å². The Labute approximate surface area is 128 Å². The summed E-state index contributed by atoms with van der Waals surface area (Å²) in [5.74, 6) is -0.0902. The van der Waals surface area contributed by atoms with Crippen molar-refractivity contribution in [3.05, 3.63) is 11.7 Å². The molecule has 0 spiro atoms. The van der Waals surface area contributed by atoms with E-state index in [4.69, 9.17) is 9.26 Å². The van der Waals surface area contributed by atoms with Gasteiger partial charge in [0.15, 0.2) is 5.82 Å². The highest BCUT2D eigenvalue weighted by molar-refractivity contribution is 5.84. The van der Waals surface area contributed by atoms with E-state index in [1.54, 1.807) is 0 Å². The van der Waals surface area contributed by atoms with Crippen LogP contribution in [0.5, 0.6) is 0 Å². The molecule has 1 saturated heterocycles.